The van der Waals surface area contributed by atoms with Gasteiger partial charge in [0.05, 0.1) is 11.6 Å². The Labute approximate surface area is 148 Å². The van der Waals surface area contributed by atoms with Gasteiger partial charge in [0.2, 0.25) is 5.91 Å². The molecule has 2 aromatic rings. The van der Waals surface area contributed by atoms with Crippen molar-refractivity contribution in [2.24, 2.45) is 11.7 Å². The molecule has 1 aliphatic heterocycles. The van der Waals surface area contributed by atoms with Crippen molar-refractivity contribution < 1.29 is 9.32 Å². The molecule has 3 N–H and O–H groups in total. The number of hydrogen-bond acceptors (Lipinski definition) is 5. The van der Waals surface area contributed by atoms with Crippen LogP contribution in [0.3, 0.4) is 0 Å². The fourth-order valence-corrected chi connectivity index (χ4v) is 3.44. The van der Waals surface area contributed by atoms with Gasteiger partial charge in [-0.2, -0.15) is 0 Å². The summed E-state index contributed by atoms with van der Waals surface area (Å²) in [6.07, 6.45) is 1.92. The number of piperidine rings is 1. The first-order valence-electron chi connectivity index (χ1n) is 8.79. The fourth-order valence-electron chi connectivity index (χ4n) is 3.44. The molecule has 0 unspecified atom stereocenters. The summed E-state index contributed by atoms with van der Waals surface area (Å²) in [6.45, 7) is 7.13. The molecule has 2 heterocycles. The van der Waals surface area contributed by atoms with Gasteiger partial charge in [-0.25, -0.2) is 0 Å². The number of para-hydroxylation sites is 1. The summed E-state index contributed by atoms with van der Waals surface area (Å²) in [6, 6.07) is 8.29. The lowest BCUT2D eigenvalue weighted by atomic mass is 9.97. The van der Waals surface area contributed by atoms with Crippen LogP contribution in [-0.4, -0.2) is 29.1 Å². The van der Waals surface area contributed by atoms with Crippen molar-refractivity contribution in [3.63, 3.8) is 0 Å². The average molecular weight is 342 g/mol. The lowest BCUT2D eigenvalue weighted by molar-refractivity contribution is -0.123. The zero-order valence-electron chi connectivity index (χ0n) is 14.9. The molecule has 0 radical (unpaired) electrons. The monoisotopic (exact) mass is 342 g/mol. The van der Waals surface area contributed by atoms with Crippen LogP contribution in [0.4, 0.5) is 5.69 Å². The number of likely N-dealkylation sites (tertiary alicyclic amines) is 1. The zero-order valence-corrected chi connectivity index (χ0v) is 14.9. The number of amides is 1. The van der Waals surface area contributed by atoms with Crippen molar-refractivity contribution in [2.75, 3.05) is 18.4 Å². The molecule has 1 aromatic carbocycles. The standard InChI is InChI=1S/C19H26N4O2/c1-13-17(14(2)25-22-13)10-21-18-8-4-3-6-15(18)11-23-9-5-7-16(12-23)19(20)24/h3-4,6,8,16,21H,5,7,9-12H2,1-2H3,(H2,20,24)/t16-/m0/s1. The molecule has 1 saturated heterocycles. The number of carbonyl (C=O) groups is 1. The number of aryl methyl sites for hydroxylation is 2. The van der Waals surface area contributed by atoms with Gasteiger partial charge in [-0.05, 0) is 44.9 Å². The Hall–Kier alpha value is -2.34. The molecule has 1 fully saturated rings. The SMILES string of the molecule is Cc1noc(C)c1CNc1ccccc1CN1CCC[C@H](C(N)=O)C1. The van der Waals surface area contributed by atoms with E-state index in [-0.39, 0.29) is 11.8 Å². The van der Waals surface area contributed by atoms with E-state index in [4.69, 9.17) is 10.3 Å². The van der Waals surface area contributed by atoms with Crippen molar-refractivity contribution in [3.05, 3.63) is 46.8 Å². The third-order valence-electron chi connectivity index (χ3n) is 4.96. The van der Waals surface area contributed by atoms with Gasteiger partial charge in [0, 0.05) is 30.9 Å². The van der Waals surface area contributed by atoms with Gasteiger partial charge in [-0.1, -0.05) is 23.4 Å². The Morgan fingerprint density at radius 3 is 2.92 bits per heavy atom. The molecule has 1 amide bonds. The predicted molar refractivity (Wildman–Crippen MR) is 96.9 cm³/mol. The molecule has 0 aliphatic carbocycles. The van der Waals surface area contributed by atoms with Crippen LogP contribution in [0.15, 0.2) is 28.8 Å². The van der Waals surface area contributed by atoms with Crippen LogP contribution >= 0.6 is 0 Å². The third-order valence-corrected chi connectivity index (χ3v) is 4.96. The van der Waals surface area contributed by atoms with Gasteiger partial charge in [0.25, 0.3) is 0 Å². The van der Waals surface area contributed by atoms with E-state index in [1.54, 1.807) is 0 Å². The third kappa shape index (κ3) is 4.20. The number of rotatable bonds is 6. The predicted octanol–water partition coefficient (Wildman–Crippen LogP) is 2.60. The second kappa shape index (κ2) is 7.70. The number of nitrogens with zero attached hydrogens (tertiary/aromatic N) is 2. The first kappa shape index (κ1) is 17.5. The summed E-state index contributed by atoms with van der Waals surface area (Å²) in [5, 5.41) is 7.50. The van der Waals surface area contributed by atoms with E-state index in [0.717, 1.165) is 55.2 Å². The van der Waals surface area contributed by atoms with Gasteiger partial charge in [-0.3, -0.25) is 9.69 Å². The van der Waals surface area contributed by atoms with Crippen LogP contribution in [0.2, 0.25) is 0 Å². The van der Waals surface area contributed by atoms with E-state index in [1.807, 2.05) is 26.0 Å². The minimum absolute atomic E-state index is 0.0313. The molecular formula is C19H26N4O2. The minimum atomic E-state index is -0.186. The molecule has 134 valence electrons. The number of carbonyl (C=O) groups excluding carboxylic acids is 1. The second-order valence-corrected chi connectivity index (χ2v) is 6.79. The number of nitrogens with two attached hydrogens (primary N) is 1. The number of aromatic nitrogens is 1. The minimum Gasteiger partial charge on any atom is -0.380 e. The van der Waals surface area contributed by atoms with E-state index >= 15 is 0 Å². The van der Waals surface area contributed by atoms with Crippen molar-refractivity contribution >= 4 is 11.6 Å². The molecule has 0 saturated carbocycles. The molecular weight excluding hydrogens is 316 g/mol. The van der Waals surface area contributed by atoms with Gasteiger partial charge in [0.15, 0.2) is 0 Å². The highest BCUT2D eigenvalue weighted by molar-refractivity contribution is 5.76. The summed E-state index contributed by atoms with van der Waals surface area (Å²) >= 11 is 0. The van der Waals surface area contributed by atoms with Crippen LogP contribution in [0.25, 0.3) is 0 Å². The number of anilines is 1. The molecule has 0 spiro atoms. The van der Waals surface area contributed by atoms with Crippen molar-refractivity contribution in [1.82, 2.24) is 10.1 Å². The van der Waals surface area contributed by atoms with Crippen molar-refractivity contribution in [1.29, 1.82) is 0 Å². The molecule has 0 bridgehead atoms. The van der Waals surface area contributed by atoms with Gasteiger partial charge in [-0.15, -0.1) is 0 Å². The lowest BCUT2D eigenvalue weighted by Gasteiger charge is -2.31. The van der Waals surface area contributed by atoms with E-state index in [0.29, 0.717) is 6.54 Å². The Bertz CT molecular complexity index is 721. The van der Waals surface area contributed by atoms with Crippen molar-refractivity contribution in [2.45, 2.75) is 39.8 Å². The molecule has 6 nitrogen and oxygen atoms in total. The van der Waals surface area contributed by atoms with E-state index < -0.39 is 0 Å². The first-order chi connectivity index (χ1) is 12.0. The molecule has 1 aliphatic rings. The Kier molecular flexibility index (Phi) is 5.38. The van der Waals surface area contributed by atoms with Crippen LogP contribution in [-0.2, 0) is 17.9 Å². The summed E-state index contributed by atoms with van der Waals surface area (Å²) in [7, 11) is 0. The maximum absolute atomic E-state index is 11.5. The van der Waals surface area contributed by atoms with Crippen LogP contribution in [0.1, 0.15) is 35.4 Å². The van der Waals surface area contributed by atoms with E-state index in [1.165, 1.54) is 5.56 Å². The lowest BCUT2D eigenvalue weighted by Crippen LogP contribution is -2.40. The second-order valence-electron chi connectivity index (χ2n) is 6.79. The highest BCUT2D eigenvalue weighted by Crippen LogP contribution is 2.23. The average Bonchev–Trinajstić information content (AvgIpc) is 2.92. The largest absolute Gasteiger partial charge is 0.380 e. The maximum atomic E-state index is 11.5. The maximum Gasteiger partial charge on any atom is 0.221 e. The normalized spacial score (nSPS) is 18.2. The summed E-state index contributed by atoms with van der Waals surface area (Å²) in [5.74, 6) is 0.633. The summed E-state index contributed by atoms with van der Waals surface area (Å²) in [5.41, 5.74) is 9.83. The Balaban J connectivity index is 1.67. The van der Waals surface area contributed by atoms with Crippen LogP contribution < -0.4 is 11.1 Å². The highest BCUT2D eigenvalue weighted by atomic mass is 16.5. The van der Waals surface area contributed by atoms with E-state index in [2.05, 4.69) is 27.5 Å². The smallest absolute Gasteiger partial charge is 0.221 e. The van der Waals surface area contributed by atoms with Gasteiger partial charge >= 0.3 is 0 Å². The summed E-state index contributed by atoms with van der Waals surface area (Å²) < 4.78 is 5.23. The molecule has 1 atom stereocenters. The highest BCUT2D eigenvalue weighted by Gasteiger charge is 2.24. The first-order valence-corrected chi connectivity index (χ1v) is 8.79. The summed E-state index contributed by atoms with van der Waals surface area (Å²) in [4.78, 5) is 13.8. The Morgan fingerprint density at radius 2 is 2.20 bits per heavy atom. The number of hydrogen-bond donors (Lipinski definition) is 2. The van der Waals surface area contributed by atoms with Gasteiger partial charge < -0.3 is 15.6 Å². The number of benzene rings is 1. The zero-order chi connectivity index (χ0) is 17.8. The molecule has 6 heteroatoms. The number of primary amides is 1. The topological polar surface area (TPSA) is 84.4 Å². The Morgan fingerprint density at radius 1 is 1.40 bits per heavy atom. The van der Waals surface area contributed by atoms with Crippen molar-refractivity contribution in [3.8, 4) is 0 Å². The van der Waals surface area contributed by atoms with Crippen LogP contribution in [0.5, 0.6) is 0 Å². The van der Waals surface area contributed by atoms with Gasteiger partial charge in [0.1, 0.15) is 5.76 Å². The molecule has 3 rings (SSSR count). The molecule has 1 aromatic heterocycles. The van der Waals surface area contributed by atoms with Crippen LogP contribution in [0, 0.1) is 19.8 Å². The number of nitrogens with one attached hydrogen (secondary N) is 1. The fraction of sp³-hybridized carbons (Fsp3) is 0.474. The quantitative estimate of drug-likeness (QED) is 0.843. The van der Waals surface area contributed by atoms with E-state index in [9.17, 15) is 4.79 Å². The molecule has 25 heavy (non-hydrogen) atoms.